The van der Waals surface area contributed by atoms with E-state index in [1.54, 1.807) is 12.1 Å². The second-order valence-electron chi connectivity index (χ2n) is 5.94. The number of fused-ring (bicyclic) bond motifs is 1. The fraction of sp³-hybridized carbons (Fsp3) is 0.143. The van der Waals surface area contributed by atoms with Gasteiger partial charge in [-0.3, -0.25) is 0 Å². The Morgan fingerprint density at radius 2 is 1.71 bits per heavy atom. The molecule has 3 aromatic rings. The molecule has 0 bridgehead atoms. The highest BCUT2D eigenvalue weighted by molar-refractivity contribution is 6.51. The quantitative estimate of drug-likeness (QED) is 0.585. The largest absolute Gasteiger partial charge is 0.508 e. The summed E-state index contributed by atoms with van der Waals surface area (Å²) < 4.78 is 5.83. The molecule has 3 aromatic carbocycles. The monoisotopic (exact) mass is 338 g/mol. The highest BCUT2D eigenvalue weighted by Crippen LogP contribution is 2.30. The van der Waals surface area contributed by atoms with E-state index in [4.69, 9.17) is 16.3 Å². The van der Waals surface area contributed by atoms with Crippen molar-refractivity contribution in [3.8, 4) is 11.5 Å². The fourth-order valence-corrected chi connectivity index (χ4v) is 2.80. The number of aromatic hydroxyl groups is 1. The standard InChI is InChI=1S/C21H19ClO2/c1-14(2)24-21-6-4-3-5-18(21)13-20(22)17-8-7-16-12-19(23)10-9-15(16)11-17/h3-14,23H,1-2H3/b20-13-. The number of halogens is 1. The van der Waals surface area contributed by atoms with E-state index in [0.29, 0.717) is 5.03 Å². The highest BCUT2D eigenvalue weighted by atomic mass is 35.5. The Morgan fingerprint density at radius 1 is 1.00 bits per heavy atom. The number of rotatable bonds is 4. The van der Waals surface area contributed by atoms with Crippen molar-refractivity contribution in [2.75, 3.05) is 0 Å². The van der Waals surface area contributed by atoms with Gasteiger partial charge in [0.05, 0.1) is 6.10 Å². The minimum atomic E-state index is 0.103. The van der Waals surface area contributed by atoms with Crippen LogP contribution in [0.4, 0.5) is 0 Å². The van der Waals surface area contributed by atoms with Gasteiger partial charge in [0.25, 0.3) is 0 Å². The van der Waals surface area contributed by atoms with Gasteiger partial charge in [0, 0.05) is 10.6 Å². The summed E-state index contributed by atoms with van der Waals surface area (Å²) in [6.45, 7) is 4.00. The number of benzene rings is 3. The average molecular weight is 339 g/mol. The van der Waals surface area contributed by atoms with Crippen molar-refractivity contribution in [3.05, 3.63) is 71.8 Å². The SMILES string of the molecule is CC(C)Oc1ccccc1/C=C(\Cl)c1ccc2cc(O)ccc2c1. The predicted molar refractivity (Wildman–Crippen MR) is 102 cm³/mol. The summed E-state index contributed by atoms with van der Waals surface area (Å²) in [6, 6.07) is 19.1. The third-order valence-electron chi connectivity index (χ3n) is 3.66. The summed E-state index contributed by atoms with van der Waals surface area (Å²) in [5.74, 6) is 1.08. The van der Waals surface area contributed by atoms with E-state index < -0.39 is 0 Å². The minimum Gasteiger partial charge on any atom is -0.508 e. The van der Waals surface area contributed by atoms with Crippen molar-refractivity contribution in [1.29, 1.82) is 0 Å². The van der Waals surface area contributed by atoms with Gasteiger partial charge < -0.3 is 9.84 Å². The Morgan fingerprint density at radius 3 is 2.50 bits per heavy atom. The first-order valence-corrected chi connectivity index (χ1v) is 8.27. The van der Waals surface area contributed by atoms with Gasteiger partial charge in [-0.1, -0.05) is 48.0 Å². The third-order valence-corrected chi connectivity index (χ3v) is 3.99. The van der Waals surface area contributed by atoms with Crippen molar-refractivity contribution in [2.45, 2.75) is 20.0 Å². The molecule has 3 rings (SSSR count). The Balaban J connectivity index is 1.98. The van der Waals surface area contributed by atoms with Gasteiger partial charge in [-0.05, 0) is 60.5 Å². The van der Waals surface area contributed by atoms with Gasteiger partial charge in [0.2, 0.25) is 0 Å². The highest BCUT2D eigenvalue weighted by Gasteiger charge is 2.06. The summed E-state index contributed by atoms with van der Waals surface area (Å²) in [5, 5.41) is 12.2. The van der Waals surface area contributed by atoms with Crippen LogP contribution in [0.5, 0.6) is 11.5 Å². The molecule has 0 spiro atoms. The van der Waals surface area contributed by atoms with Gasteiger partial charge >= 0.3 is 0 Å². The van der Waals surface area contributed by atoms with Gasteiger partial charge in [0.1, 0.15) is 11.5 Å². The van der Waals surface area contributed by atoms with E-state index in [2.05, 4.69) is 0 Å². The van der Waals surface area contributed by atoms with Crippen LogP contribution in [0, 0.1) is 0 Å². The molecule has 0 radical (unpaired) electrons. The Hall–Kier alpha value is -2.45. The second kappa shape index (κ2) is 6.98. The summed E-state index contributed by atoms with van der Waals surface area (Å²) in [5.41, 5.74) is 1.87. The zero-order chi connectivity index (χ0) is 17.1. The first kappa shape index (κ1) is 16.4. The van der Waals surface area contributed by atoms with Crippen LogP contribution in [-0.4, -0.2) is 11.2 Å². The van der Waals surface area contributed by atoms with Crippen LogP contribution in [0.2, 0.25) is 0 Å². The Bertz CT molecular complexity index is 897. The molecule has 0 saturated heterocycles. The lowest BCUT2D eigenvalue weighted by molar-refractivity contribution is 0.242. The lowest BCUT2D eigenvalue weighted by Crippen LogP contribution is -2.06. The molecule has 0 saturated carbocycles. The number of phenolic OH excluding ortho intramolecular Hbond substituents is 1. The van der Waals surface area contributed by atoms with Crippen molar-refractivity contribution < 1.29 is 9.84 Å². The van der Waals surface area contributed by atoms with Crippen LogP contribution in [-0.2, 0) is 0 Å². The first-order valence-electron chi connectivity index (χ1n) is 7.89. The molecule has 0 amide bonds. The van der Waals surface area contributed by atoms with Crippen molar-refractivity contribution in [1.82, 2.24) is 0 Å². The van der Waals surface area contributed by atoms with Crippen LogP contribution in [0.25, 0.3) is 21.9 Å². The number of phenols is 1. The van der Waals surface area contributed by atoms with Crippen molar-refractivity contribution >= 4 is 33.5 Å². The molecule has 2 nitrogen and oxygen atoms in total. The second-order valence-corrected chi connectivity index (χ2v) is 6.35. The van der Waals surface area contributed by atoms with Gasteiger partial charge in [-0.15, -0.1) is 0 Å². The molecular formula is C21H19ClO2. The smallest absolute Gasteiger partial charge is 0.126 e. The first-order chi connectivity index (χ1) is 11.5. The fourth-order valence-electron chi connectivity index (χ4n) is 2.56. The Labute approximate surface area is 147 Å². The molecule has 3 heteroatoms. The molecule has 1 N–H and O–H groups in total. The van der Waals surface area contributed by atoms with E-state index in [1.807, 2.05) is 68.5 Å². The average Bonchev–Trinajstić information content (AvgIpc) is 2.55. The molecule has 0 unspecified atom stereocenters. The van der Waals surface area contributed by atoms with E-state index in [1.165, 1.54) is 0 Å². The summed E-state index contributed by atoms with van der Waals surface area (Å²) in [4.78, 5) is 0. The maximum atomic E-state index is 9.55. The lowest BCUT2D eigenvalue weighted by atomic mass is 10.1. The molecule has 0 aliphatic rings. The van der Waals surface area contributed by atoms with Crippen LogP contribution in [0.3, 0.4) is 0 Å². The molecule has 0 aliphatic carbocycles. The molecule has 0 heterocycles. The van der Waals surface area contributed by atoms with E-state index >= 15 is 0 Å². The van der Waals surface area contributed by atoms with E-state index in [-0.39, 0.29) is 11.9 Å². The molecule has 0 aromatic heterocycles. The number of hydrogen-bond donors (Lipinski definition) is 1. The maximum Gasteiger partial charge on any atom is 0.126 e. The van der Waals surface area contributed by atoms with Gasteiger partial charge in [-0.25, -0.2) is 0 Å². The van der Waals surface area contributed by atoms with Crippen LogP contribution >= 0.6 is 11.6 Å². The molecule has 0 aliphatic heterocycles. The van der Waals surface area contributed by atoms with Crippen molar-refractivity contribution in [3.63, 3.8) is 0 Å². The lowest BCUT2D eigenvalue weighted by Gasteiger charge is -2.12. The Kier molecular flexibility index (Phi) is 4.77. The number of ether oxygens (including phenoxy) is 1. The molecular weight excluding hydrogens is 320 g/mol. The van der Waals surface area contributed by atoms with Crippen LogP contribution in [0.15, 0.2) is 60.7 Å². The zero-order valence-corrected chi connectivity index (χ0v) is 14.4. The predicted octanol–water partition coefficient (Wildman–Crippen LogP) is 6.07. The maximum absolute atomic E-state index is 9.55. The normalized spacial score (nSPS) is 11.9. The molecule has 24 heavy (non-hydrogen) atoms. The molecule has 0 atom stereocenters. The molecule has 122 valence electrons. The minimum absolute atomic E-state index is 0.103. The number of para-hydroxylation sites is 1. The summed E-state index contributed by atoms with van der Waals surface area (Å²) >= 11 is 6.54. The van der Waals surface area contributed by atoms with Gasteiger partial charge in [-0.2, -0.15) is 0 Å². The van der Waals surface area contributed by atoms with E-state index in [9.17, 15) is 5.11 Å². The zero-order valence-electron chi connectivity index (χ0n) is 13.7. The molecule has 0 fully saturated rings. The van der Waals surface area contributed by atoms with Crippen LogP contribution in [0.1, 0.15) is 25.0 Å². The topological polar surface area (TPSA) is 29.5 Å². The summed E-state index contributed by atoms with van der Waals surface area (Å²) in [7, 11) is 0. The number of hydrogen-bond acceptors (Lipinski definition) is 2. The summed E-state index contributed by atoms with van der Waals surface area (Å²) in [6.07, 6.45) is 2.02. The van der Waals surface area contributed by atoms with Crippen molar-refractivity contribution in [2.24, 2.45) is 0 Å². The van der Waals surface area contributed by atoms with E-state index in [0.717, 1.165) is 27.6 Å². The van der Waals surface area contributed by atoms with Crippen LogP contribution < -0.4 is 4.74 Å². The third kappa shape index (κ3) is 3.72. The van der Waals surface area contributed by atoms with Gasteiger partial charge in [0.15, 0.2) is 0 Å².